The van der Waals surface area contributed by atoms with Crippen molar-refractivity contribution in [1.82, 2.24) is 0 Å². The highest BCUT2D eigenvalue weighted by molar-refractivity contribution is 5.72. The summed E-state index contributed by atoms with van der Waals surface area (Å²) in [6.07, 6.45) is 78.2. The summed E-state index contributed by atoms with van der Waals surface area (Å²) in [5, 5.41) is 0. The lowest BCUT2D eigenvalue weighted by Gasteiger charge is -2.18. The zero-order valence-corrected chi connectivity index (χ0v) is 42.3. The number of allylic oxidation sites excluding steroid dienone is 25. The first-order valence-electron chi connectivity index (χ1n) is 26.0. The Kier molecular flexibility index (Phi) is 49.7. The molecule has 6 nitrogen and oxygen atoms in total. The van der Waals surface area contributed by atoms with Crippen LogP contribution in [0.5, 0.6) is 0 Å². The molecule has 372 valence electrons. The first-order chi connectivity index (χ1) is 33.0. The molecule has 0 radical (unpaired) electrons. The summed E-state index contributed by atoms with van der Waals surface area (Å²) < 4.78 is 16.7. The molecule has 0 N–H and O–H groups in total. The summed E-state index contributed by atoms with van der Waals surface area (Å²) in [5.74, 6) is -1.13. The molecular formula is C61H92O6. The number of unbranched alkanes of at least 4 members (excludes halogenated alkanes) is 8. The van der Waals surface area contributed by atoms with Gasteiger partial charge in [-0.1, -0.05) is 204 Å². The largest absolute Gasteiger partial charge is 0.462 e. The van der Waals surface area contributed by atoms with Gasteiger partial charge < -0.3 is 14.2 Å². The van der Waals surface area contributed by atoms with Gasteiger partial charge in [-0.15, -0.1) is 0 Å². The SMILES string of the molecule is CC/C=C\C/C=C\C/C=C\C/C=C\C/C=C\CC(=O)OCC(COC(=O)CCCCCC/C=C\C/C=C\C/C=C\C/C=C\CC)OC(=O)CCCCCC/C=C\C/C=C\C/C=C\C/C=C\CC. The first kappa shape index (κ1) is 62.0. The maximum absolute atomic E-state index is 12.8. The molecule has 0 heterocycles. The summed E-state index contributed by atoms with van der Waals surface area (Å²) in [4.78, 5) is 38.0. The Morgan fingerprint density at radius 1 is 0.313 bits per heavy atom. The fourth-order valence-electron chi connectivity index (χ4n) is 6.26. The van der Waals surface area contributed by atoms with Crippen LogP contribution in [0.1, 0.15) is 188 Å². The van der Waals surface area contributed by atoms with Gasteiger partial charge in [-0.05, 0) is 122 Å². The Balaban J connectivity index is 4.63. The summed E-state index contributed by atoms with van der Waals surface area (Å²) in [5.41, 5.74) is 0. The van der Waals surface area contributed by atoms with E-state index >= 15 is 0 Å². The number of carbonyl (C=O) groups is 3. The Labute approximate surface area is 409 Å². The highest BCUT2D eigenvalue weighted by Crippen LogP contribution is 2.11. The predicted octanol–water partition coefficient (Wildman–Crippen LogP) is 17.4. The minimum absolute atomic E-state index is 0.108. The van der Waals surface area contributed by atoms with Crippen molar-refractivity contribution in [2.75, 3.05) is 13.2 Å². The third-order valence-corrected chi connectivity index (χ3v) is 10.0. The van der Waals surface area contributed by atoms with Gasteiger partial charge in [0.15, 0.2) is 6.10 Å². The lowest BCUT2D eigenvalue weighted by Crippen LogP contribution is -2.30. The van der Waals surface area contributed by atoms with Crippen LogP contribution in [0.2, 0.25) is 0 Å². The zero-order valence-electron chi connectivity index (χ0n) is 42.3. The van der Waals surface area contributed by atoms with Crippen LogP contribution in [0.3, 0.4) is 0 Å². The van der Waals surface area contributed by atoms with E-state index in [1.165, 1.54) is 0 Å². The standard InChI is InChI=1S/C61H92O6/c1-4-7-10-13-16-19-22-25-28-30-33-36-39-42-45-48-51-54-60(63)66-57-58(56-65-59(62)53-50-47-44-41-38-35-32-27-24-21-18-15-12-9-6-3)67-61(64)55-52-49-46-43-40-37-34-31-29-26-23-20-17-14-11-8-5-2/h7-12,16-21,25-29,32-34,36-38,41,47,50,58H,4-6,13-15,22-24,30-31,35,39-40,42-46,48-49,51-57H2,1-3H3/b10-7-,11-8-,12-9-,19-16-,20-17-,21-18-,28-25-,29-26-,32-27-,36-33-,37-34-,41-38-,50-47-. The summed E-state index contributed by atoms with van der Waals surface area (Å²) in [6.45, 7) is 6.14. The van der Waals surface area contributed by atoms with Crippen LogP contribution in [-0.4, -0.2) is 37.2 Å². The van der Waals surface area contributed by atoms with Crippen LogP contribution in [-0.2, 0) is 28.6 Å². The average Bonchev–Trinajstić information content (AvgIpc) is 3.33. The van der Waals surface area contributed by atoms with E-state index in [0.717, 1.165) is 141 Å². The third kappa shape index (κ3) is 51.9. The number of hydrogen-bond acceptors (Lipinski definition) is 6. The van der Waals surface area contributed by atoms with E-state index in [9.17, 15) is 14.4 Å². The van der Waals surface area contributed by atoms with Gasteiger partial charge in [0.05, 0.1) is 6.42 Å². The molecular weight excluding hydrogens is 829 g/mol. The smallest absolute Gasteiger partial charge is 0.309 e. The molecule has 0 rings (SSSR count). The van der Waals surface area contributed by atoms with Gasteiger partial charge in [0.2, 0.25) is 0 Å². The minimum atomic E-state index is -0.849. The molecule has 0 bridgehead atoms. The van der Waals surface area contributed by atoms with Crippen molar-refractivity contribution in [2.24, 2.45) is 0 Å². The summed E-state index contributed by atoms with van der Waals surface area (Å²) in [6, 6.07) is 0. The van der Waals surface area contributed by atoms with Crippen LogP contribution in [0, 0.1) is 0 Å². The lowest BCUT2D eigenvalue weighted by atomic mass is 10.1. The Morgan fingerprint density at radius 2 is 0.597 bits per heavy atom. The highest BCUT2D eigenvalue weighted by Gasteiger charge is 2.19. The highest BCUT2D eigenvalue weighted by atomic mass is 16.6. The van der Waals surface area contributed by atoms with Crippen molar-refractivity contribution in [1.29, 1.82) is 0 Å². The molecule has 0 aliphatic heterocycles. The van der Waals surface area contributed by atoms with E-state index in [1.54, 1.807) is 6.08 Å². The first-order valence-corrected chi connectivity index (χ1v) is 26.0. The molecule has 1 unspecified atom stereocenters. The van der Waals surface area contributed by atoms with Gasteiger partial charge in [-0.25, -0.2) is 0 Å². The van der Waals surface area contributed by atoms with Gasteiger partial charge in [0, 0.05) is 12.8 Å². The van der Waals surface area contributed by atoms with Crippen molar-refractivity contribution in [3.05, 3.63) is 158 Å². The predicted molar refractivity (Wildman–Crippen MR) is 288 cm³/mol. The molecule has 0 aliphatic rings. The van der Waals surface area contributed by atoms with E-state index in [2.05, 4.69) is 167 Å². The third-order valence-electron chi connectivity index (χ3n) is 10.0. The second-order valence-corrected chi connectivity index (χ2v) is 16.3. The molecule has 0 aromatic heterocycles. The van der Waals surface area contributed by atoms with Crippen LogP contribution >= 0.6 is 0 Å². The molecule has 67 heavy (non-hydrogen) atoms. The van der Waals surface area contributed by atoms with E-state index in [0.29, 0.717) is 12.8 Å². The van der Waals surface area contributed by atoms with Gasteiger partial charge in [-0.2, -0.15) is 0 Å². The van der Waals surface area contributed by atoms with Crippen molar-refractivity contribution >= 4 is 17.9 Å². The van der Waals surface area contributed by atoms with Gasteiger partial charge in [0.25, 0.3) is 0 Å². The van der Waals surface area contributed by atoms with Gasteiger partial charge in [-0.3, -0.25) is 14.4 Å². The minimum Gasteiger partial charge on any atom is -0.462 e. The average molecular weight is 921 g/mol. The number of esters is 3. The Morgan fingerprint density at radius 3 is 0.955 bits per heavy atom. The molecule has 0 aromatic rings. The Bertz CT molecular complexity index is 1570. The van der Waals surface area contributed by atoms with Crippen molar-refractivity contribution < 1.29 is 28.6 Å². The fraction of sp³-hybridized carbons (Fsp3) is 0.525. The van der Waals surface area contributed by atoms with Crippen LogP contribution in [0.4, 0.5) is 0 Å². The zero-order chi connectivity index (χ0) is 48.6. The van der Waals surface area contributed by atoms with Crippen molar-refractivity contribution in [2.45, 2.75) is 194 Å². The quantitative estimate of drug-likeness (QED) is 0.0262. The van der Waals surface area contributed by atoms with Gasteiger partial charge >= 0.3 is 17.9 Å². The van der Waals surface area contributed by atoms with Crippen LogP contribution in [0.15, 0.2) is 158 Å². The van der Waals surface area contributed by atoms with Crippen LogP contribution < -0.4 is 0 Å². The number of hydrogen-bond donors (Lipinski definition) is 0. The van der Waals surface area contributed by atoms with E-state index < -0.39 is 12.1 Å². The summed E-state index contributed by atoms with van der Waals surface area (Å²) in [7, 11) is 0. The molecule has 1 atom stereocenters. The lowest BCUT2D eigenvalue weighted by molar-refractivity contribution is -0.166. The van der Waals surface area contributed by atoms with Crippen LogP contribution in [0.25, 0.3) is 0 Å². The fourth-order valence-corrected chi connectivity index (χ4v) is 6.26. The number of rotatable bonds is 44. The number of ether oxygens (including phenoxy) is 3. The van der Waals surface area contributed by atoms with E-state index in [1.807, 2.05) is 6.08 Å². The normalized spacial score (nSPS) is 13.4. The van der Waals surface area contributed by atoms with E-state index in [-0.39, 0.29) is 38.0 Å². The molecule has 0 amide bonds. The van der Waals surface area contributed by atoms with Gasteiger partial charge in [0.1, 0.15) is 13.2 Å². The maximum atomic E-state index is 12.8. The van der Waals surface area contributed by atoms with Crippen molar-refractivity contribution in [3.63, 3.8) is 0 Å². The molecule has 0 aromatic carbocycles. The molecule has 0 fully saturated rings. The molecule has 0 aliphatic carbocycles. The maximum Gasteiger partial charge on any atom is 0.309 e. The molecule has 0 spiro atoms. The Hall–Kier alpha value is -4.97. The number of carbonyl (C=O) groups excluding carboxylic acids is 3. The summed E-state index contributed by atoms with van der Waals surface area (Å²) >= 11 is 0. The van der Waals surface area contributed by atoms with E-state index in [4.69, 9.17) is 14.2 Å². The molecule has 0 saturated heterocycles. The topological polar surface area (TPSA) is 78.9 Å². The molecule has 0 saturated carbocycles. The monoisotopic (exact) mass is 921 g/mol. The molecule has 6 heteroatoms. The second kappa shape index (κ2) is 53.6. The van der Waals surface area contributed by atoms with Crippen molar-refractivity contribution in [3.8, 4) is 0 Å². The second-order valence-electron chi connectivity index (χ2n) is 16.3.